The van der Waals surface area contributed by atoms with Gasteiger partial charge in [-0.05, 0) is 55.6 Å². The van der Waals surface area contributed by atoms with E-state index >= 15 is 0 Å². The highest BCUT2D eigenvalue weighted by molar-refractivity contribution is 6.38. The normalized spacial score (nSPS) is 24.0. The van der Waals surface area contributed by atoms with Crippen LogP contribution in [-0.2, 0) is 28.8 Å². The third kappa shape index (κ3) is 8.54. The molecule has 48 heavy (non-hydrogen) atoms. The van der Waals surface area contributed by atoms with Crippen LogP contribution in [0.25, 0.3) is 0 Å². The molecule has 12 heteroatoms. The number of likely N-dealkylation sites (tertiary alicyclic amines) is 1. The third-order valence-corrected chi connectivity index (χ3v) is 10.0. The molecular weight excluding hydrogens is 612 g/mol. The summed E-state index contributed by atoms with van der Waals surface area (Å²) in [4.78, 5) is 75.3. The molecule has 1 spiro atoms. The number of carbonyl (C=O) groups excluding carboxylic acids is 5. The molecule has 2 heterocycles. The standard InChI is InChI=1S/C36H52N6O6/c1-5-10-26(30(44)33(46)38-25-15-16-25)39-32(45)28-20-36(19-27(41-48-36)23-13-9-14-24(37)18-23)21-42(28)34(47)31(35(2,3)4)40-29(43)17-22-11-7-6-8-12-22/h9,13-14,18,22,25-26,28,31H,5-8,10-12,15-17,19-21,37H2,1-4H3,(H,38,46)(H,39,45)(H,40,43)/t26-,28-,31+,36+/m0/s1. The number of anilines is 1. The molecule has 0 unspecified atom stereocenters. The molecule has 12 nitrogen and oxygen atoms in total. The van der Waals surface area contributed by atoms with Crippen LogP contribution in [0, 0.1) is 11.3 Å². The van der Waals surface area contributed by atoms with Crippen molar-refractivity contribution < 1.29 is 28.8 Å². The van der Waals surface area contributed by atoms with E-state index < -0.39 is 52.6 Å². The lowest BCUT2D eigenvalue weighted by Crippen LogP contribution is -2.59. The molecule has 2 aliphatic carbocycles. The molecule has 5 N–H and O–H groups in total. The number of nitrogen functional groups attached to an aromatic ring is 1. The quantitative estimate of drug-likeness (QED) is 0.196. The van der Waals surface area contributed by atoms with Crippen molar-refractivity contribution in [1.82, 2.24) is 20.9 Å². The predicted octanol–water partition coefficient (Wildman–Crippen LogP) is 3.37. The molecular formula is C36H52N6O6. The summed E-state index contributed by atoms with van der Waals surface area (Å²) in [6.07, 6.45) is 8.70. The van der Waals surface area contributed by atoms with Gasteiger partial charge in [0.1, 0.15) is 12.1 Å². The minimum atomic E-state index is -1.04. The predicted molar refractivity (Wildman–Crippen MR) is 182 cm³/mol. The van der Waals surface area contributed by atoms with Gasteiger partial charge >= 0.3 is 0 Å². The van der Waals surface area contributed by atoms with Crippen LogP contribution in [0.5, 0.6) is 0 Å². The maximum absolute atomic E-state index is 14.5. The number of oxime groups is 1. The fraction of sp³-hybridized carbons (Fsp3) is 0.667. The van der Waals surface area contributed by atoms with Gasteiger partial charge in [0.2, 0.25) is 23.5 Å². The summed E-state index contributed by atoms with van der Waals surface area (Å²) in [6, 6.07) is 4.32. The second-order valence-corrected chi connectivity index (χ2v) is 15.3. The van der Waals surface area contributed by atoms with E-state index in [2.05, 4.69) is 21.1 Å². The summed E-state index contributed by atoms with van der Waals surface area (Å²) >= 11 is 0. The first-order valence-electron chi connectivity index (χ1n) is 17.6. The molecule has 3 fully saturated rings. The number of amides is 4. The lowest BCUT2D eigenvalue weighted by Gasteiger charge is -2.36. The number of carbonyl (C=O) groups is 5. The van der Waals surface area contributed by atoms with Crippen LogP contribution in [0.15, 0.2) is 29.4 Å². The summed E-state index contributed by atoms with van der Waals surface area (Å²) < 4.78 is 0. The van der Waals surface area contributed by atoms with Crippen LogP contribution >= 0.6 is 0 Å². The summed E-state index contributed by atoms with van der Waals surface area (Å²) in [7, 11) is 0. The maximum Gasteiger partial charge on any atom is 0.289 e. The van der Waals surface area contributed by atoms with Gasteiger partial charge in [0.25, 0.3) is 5.91 Å². The van der Waals surface area contributed by atoms with Crippen molar-refractivity contribution in [2.24, 2.45) is 16.5 Å². The highest BCUT2D eigenvalue weighted by atomic mass is 16.7. The monoisotopic (exact) mass is 664 g/mol. The Labute approximate surface area is 283 Å². The van der Waals surface area contributed by atoms with E-state index in [1.54, 1.807) is 12.1 Å². The Balaban J connectivity index is 1.38. The van der Waals surface area contributed by atoms with Gasteiger partial charge in [0.15, 0.2) is 5.60 Å². The van der Waals surface area contributed by atoms with Crippen molar-refractivity contribution in [3.8, 4) is 0 Å². The minimum absolute atomic E-state index is 0.00133. The molecule has 0 aromatic heterocycles. The molecule has 4 atom stereocenters. The molecule has 1 saturated heterocycles. The zero-order chi connectivity index (χ0) is 34.6. The van der Waals surface area contributed by atoms with Gasteiger partial charge in [-0.25, -0.2) is 0 Å². The minimum Gasteiger partial charge on any atom is -0.399 e. The summed E-state index contributed by atoms with van der Waals surface area (Å²) in [5, 5.41) is 12.9. The third-order valence-electron chi connectivity index (χ3n) is 10.0. The molecule has 2 aliphatic heterocycles. The Morgan fingerprint density at radius 1 is 1.06 bits per heavy atom. The highest BCUT2D eigenvalue weighted by Gasteiger charge is 2.55. The van der Waals surface area contributed by atoms with E-state index in [-0.39, 0.29) is 31.3 Å². The Morgan fingerprint density at radius 2 is 1.79 bits per heavy atom. The van der Waals surface area contributed by atoms with Gasteiger partial charge in [0.05, 0.1) is 18.3 Å². The van der Waals surface area contributed by atoms with Crippen molar-refractivity contribution in [1.29, 1.82) is 0 Å². The average molecular weight is 665 g/mol. The molecule has 0 radical (unpaired) electrons. The summed E-state index contributed by atoms with van der Waals surface area (Å²) in [6.45, 7) is 7.59. The van der Waals surface area contributed by atoms with Crippen LogP contribution in [-0.4, -0.2) is 76.3 Å². The van der Waals surface area contributed by atoms with Gasteiger partial charge in [-0.15, -0.1) is 0 Å². The zero-order valence-electron chi connectivity index (χ0n) is 28.8. The van der Waals surface area contributed by atoms with Crippen LogP contribution in [0.4, 0.5) is 5.69 Å². The molecule has 5 rings (SSSR count). The topological polar surface area (TPSA) is 172 Å². The molecule has 4 aliphatic rings. The lowest BCUT2D eigenvalue weighted by molar-refractivity contribution is -0.145. The van der Waals surface area contributed by atoms with Crippen LogP contribution in [0.2, 0.25) is 0 Å². The van der Waals surface area contributed by atoms with Gasteiger partial charge in [-0.1, -0.05) is 70.7 Å². The van der Waals surface area contributed by atoms with E-state index in [0.29, 0.717) is 36.6 Å². The molecule has 2 saturated carbocycles. The Hall–Kier alpha value is -3.96. The van der Waals surface area contributed by atoms with Gasteiger partial charge < -0.3 is 31.4 Å². The Kier molecular flexibility index (Phi) is 10.8. The second-order valence-electron chi connectivity index (χ2n) is 15.3. The number of ketones is 1. The van der Waals surface area contributed by atoms with E-state index in [0.717, 1.165) is 44.1 Å². The second kappa shape index (κ2) is 14.7. The van der Waals surface area contributed by atoms with Gasteiger partial charge in [0, 0.05) is 36.6 Å². The zero-order valence-corrected chi connectivity index (χ0v) is 28.8. The highest BCUT2D eigenvalue weighted by Crippen LogP contribution is 2.40. The maximum atomic E-state index is 14.5. The van der Waals surface area contributed by atoms with E-state index in [1.165, 1.54) is 11.3 Å². The number of hydrogen-bond donors (Lipinski definition) is 4. The largest absolute Gasteiger partial charge is 0.399 e. The van der Waals surface area contributed by atoms with E-state index in [4.69, 9.17) is 10.6 Å². The number of hydrogen-bond acceptors (Lipinski definition) is 8. The van der Waals surface area contributed by atoms with Crippen LogP contribution < -0.4 is 21.7 Å². The summed E-state index contributed by atoms with van der Waals surface area (Å²) in [5.41, 5.74) is 6.37. The van der Waals surface area contributed by atoms with E-state index in [1.807, 2.05) is 39.8 Å². The van der Waals surface area contributed by atoms with Crippen LogP contribution in [0.1, 0.15) is 110 Å². The average Bonchev–Trinajstić information content (AvgIpc) is 3.63. The number of Topliss-reactive ketones (excluding diaryl/α,β-unsaturated/α-hetero) is 1. The number of nitrogens with two attached hydrogens (primary N) is 1. The van der Waals surface area contributed by atoms with Crippen molar-refractivity contribution >= 4 is 40.8 Å². The van der Waals surface area contributed by atoms with Crippen molar-refractivity contribution in [3.63, 3.8) is 0 Å². The smallest absolute Gasteiger partial charge is 0.289 e. The molecule has 262 valence electrons. The number of nitrogens with zero attached hydrogens (tertiary/aromatic N) is 2. The van der Waals surface area contributed by atoms with Crippen molar-refractivity contribution in [2.45, 2.75) is 135 Å². The van der Waals surface area contributed by atoms with Crippen molar-refractivity contribution in [2.75, 3.05) is 12.3 Å². The number of rotatable bonds is 12. The fourth-order valence-corrected chi connectivity index (χ4v) is 7.16. The fourth-order valence-electron chi connectivity index (χ4n) is 7.16. The Morgan fingerprint density at radius 3 is 2.44 bits per heavy atom. The SMILES string of the molecule is CCC[C@H](NC(=O)[C@@H]1C[C@]2(CC(c3cccc(N)c3)=NO2)CN1C(=O)[C@@H](NC(=O)CC1CCCCC1)C(C)(C)C)C(=O)C(=O)NC1CC1. The summed E-state index contributed by atoms with van der Waals surface area (Å²) in [5.74, 6) is -2.24. The lowest BCUT2D eigenvalue weighted by atomic mass is 9.84. The first-order valence-corrected chi connectivity index (χ1v) is 17.6. The number of benzene rings is 1. The molecule has 1 aromatic rings. The van der Waals surface area contributed by atoms with Crippen LogP contribution in [0.3, 0.4) is 0 Å². The van der Waals surface area contributed by atoms with E-state index in [9.17, 15) is 24.0 Å². The Bertz CT molecular complexity index is 1430. The van der Waals surface area contributed by atoms with Gasteiger partial charge in [-0.3, -0.25) is 24.0 Å². The first-order chi connectivity index (χ1) is 22.8. The number of nitrogens with one attached hydrogen (secondary N) is 3. The molecule has 4 amide bonds. The van der Waals surface area contributed by atoms with Crippen molar-refractivity contribution in [3.05, 3.63) is 29.8 Å². The molecule has 1 aromatic carbocycles. The van der Waals surface area contributed by atoms with Gasteiger partial charge in [-0.2, -0.15) is 0 Å². The molecule has 0 bridgehead atoms. The first kappa shape index (κ1) is 35.3.